The van der Waals surface area contributed by atoms with Crippen molar-refractivity contribution in [1.82, 2.24) is 15.0 Å². The maximum atomic E-state index is 13.3. The lowest BCUT2D eigenvalue weighted by Gasteiger charge is -2.03. The number of phenolic OH excluding ortho intramolecular Hbond substituents is 1. The van der Waals surface area contributed by atoms with E-state index in [1.54, 1.807) is 10.8 Å². The molecular weight excluding hydrogens is 345 g/mol. The molecule has 0 fully saturated rings. The Morgan fingerprint density at radius 2 is 1.81 bits per heavy atom. The van der Waals surface area contributed by atoms with E-state index in [1.165, 1.54) is 6.08 Å². The van der Waals surface area contributed by atoms with Gasteiger partial charge in [-0.05, 0) is 54.1 Å². The van der Waals surface area contributed by atoms with Crippen LogP contribution in [0.3, 0.4) is 0 Å². The standard InChI is InChI=1S/C21H14FN3O2/c22-15-8-12-21(27)17(13-15)20(26)11-7-14-5-9-16(10-6-14)25-19-4-2-1-3-18(19)23-24-25/h1-13,27H/b11-7+. The number of halogens is 1. The van der Waals surface area contributed by atoms with Gasteiger partial charge in [0.15, 0.2) is 5.78 Å². The number of hydrogen-bond acceptors (Lipinski definition) is 4. The van der Waals surface area contributed by atoms with Gasteiger partial charge in [-0.25, -0.2) is 9.07 Å². The summed E-state index contributed by atoms with van der Waals surface area (Å²) in [4.78, 5) is 12.2. The Balaban J connectivity index is 1.56. The highest BCUT2D eigenvalue weighted by Gasteiger charge is 2.09. The second-order valence-electron chi connectivity index (χ2n) is 5.94. The SMILES string of the molecule is O=C(/C=C/c1ccc(-n2nnc3ccccc32)cc1)c1cc(F)ccc1O. The number of benzene rings is 3. The van der Waals surface area contributed by atoms with E-state index in [4.69, 9.17) is 0 Å². The minimum absolute atomic E-state index is 0.0723. The summed E-state index contributed by atoms with van der Waals surface area (Å²) in [6.45, 7) is 0. The molecule has 1 N–H and O–H groups in total. The number of hydrogen-bond donors (Lipinski definition) is 1. The number of para-hydroxylation sites is 1. The average molecular weight is 359 g/mol. The summed E-state index contributed by atoms with van der Waals surface area (Å²) in [5.74, 6) is -1.30. The molecule has 0 saturated carbocycles. The van der Waals surface area contributed by atoms with Crippen LogP contribution in [0, 0.1) is 5.82 Å². The molecule has 0 atom stereocenters. The summed E-state index contributed by atoms with van der Waals surface area (Å²) >= 11 is 0. The molecule has 132 valence electrons. The van der Waals surface area contributed by atoms with E-state index >= 15 is 0 Å². The van der Waals surface area contributed by atoms with Crippen LogP contribution in [0.2, 0.25) is 0 Å². The number of ketones is 1. The van der Waals surface area contributed by atoms with Crippen LogP contribution in [0.25, 0.3) is 22.8 Å². The molecule has 0 radical (unpaired) electrons. The largest absolute Gasteiger partial charge is 0.507 e. The second-order valence-corrected chi connectivity index (χ2v) is 5.94. The highest BCUT2D eigenvalue weighted by atomic mass is 19.1. The number of allylic oxidation sites excluding steroid dienone is 1. The van der Waals surface area contributed by atoms with Gasteiger partial charge in [0.1, 0.15) is 17.1 Å². The first kappa shape index (κ1) is 16.7. The Morgan fingerprint density at radius 1 is 1.04 bits per heavy atom. The van der Waals surface area contributed by atoms with Crippen LogP contribution < -0.4 is 0 Å². The van der Waals surface area contributed by atoms with E-state index in [-0.39, 0.29) is 11.3 Å². The molecule has 0 saturated heterocycles. The van der Waals surface area contributed by atoms with Gasteiger partial charge in [0.2, 0.25) is 0 Å². The molecule has 27 heavy (non-hydrogen) atoms. The molecule has 0 aliphatic heterocycles. The molecule has 0 bridgehead atoms. The van der Waals surface area contributed by atoms with E-state index in [1.807, 2.05) is 48.5 Å². The van der Waals surface area contributed by atoms with Crippen LogP contribution >= 0.6 is 0 Å². The van der Waals surface area contributed by atoms with Crippen LogP contribution in [-0.2, 0) is 0 Å². The van der Waals surface area contributed by atoms with Crippen molar-refractivity contribution in [2.75, 3.05) is 0 Å². The maximum Gasteiger partial charge on any atom is 0.189 e. The molecule has 5 nitrogen and oxygen atoms in total. The van der Waals surface area contributed by atoms with Crippen LogP contribution in [-0.4, -0.2) is 25.9 Å². The third-order valence-corrected chi connectivity index (χ3v) is 4.14. The molecule has 4 rings (SSSR count). The topological polar surface area (TPSA) is 68.0 Å². The van der Waals surface area contributed by atoms with E-state index in [2.05, 4.69) is 10.3 Å². The molecule has 0 aliphatic carbocycles. The Morgan fingerprint density at radius 3 is 2.63 bits per heavy atom. The summed E-state index contributed by atoms with van der Waals surface area (Å²) in [6, 6.07) is 18.3. The third kappa shape index (κ3) is 3.32. The van der Waals surface area contributed by atoms with Crippen molar-refractivity contribution in [2.24, 2.45) is 0 Å². The minimum atomic E-state index is -0.575. The average Bonchev–Trinajstić information content (AvgIpc) is 3.12. The van der Waals surface area contributed by atoms with Crippen molar-refractivity contribution >= 4 is 22.9 Å². The van der Waals surface area contributed by atoms with E-state index in [9.17, 15) is 14.3 Å². The Labute approximate surface area is 154 Å². The van der Waals surface area contributed by atoms with E-state index in [0.29, 0.717) is 0 Å². The Bertz CT molecular complexity index is 1160. The quantitative estimate of drug-likeness (QED) is 0.439. The zero-order chi connectivity index (χ0) is 18.8. The van der Waals surface area contributed by atoms with Gasteiger partial charge in [0.05, 0.1) is 16.8 Å². The highest BCUT2D eigenvalue weighted by Crippen LogP contribution is 2.20. The van der Waals surface area contributed by atoms with Crippen molar-refractivity contribution in [3.63, 3.8) is 0 Å². The van der Waals surface area contributed by atoms with Crippen molar-refractivity contribution in [3.8, 4) is 11.4 Å². The van der Waals surface area contributed by atoms with Gasteiger partial charge in [-0.2, -0.15) is 0 Å². The summed E-state index contributed by atoms with van der Waals surface area (Å²) in [5.41, 5.74) is 3.26. The zero-order valence-corrected chi connectivity index (χ0v) is 14.1. The van der Waals surface area contributed by atoms with Gasteiger partial charge in [-0.3, -0.25) is 4.79 Å². The first-order valence-corrected chi connectivity index (χ1v) is 8.23. The smallest absolute Gasteiger partial charge is 0.189 e. The molecule has 0 amide bonds. The Hall–Kier alpha value is -3.80. The summed E-state index contributed by atoms with van der Waals surface area (Å²) in [6.07, 6.45) is 2.91. The van der Waals surface area contributed by atoms with Crippen LogP contribution in [0.5, 0.6) is 5.75 Å². The van der Waals surface area contributed by atoms with Crippen molar-refractivity contribution in [3.05, 3.63) is 89.8 Å². The fourth-order valence-electron chi connectivity index (χ4n) is 2.75. The number of rotatable bonds is 4. The monoisotopic (exact) mass is 359 g/mol. The van der Waals surface area contributed by atoms with Crippen molar-refractivity contribution < 1.29 is 14.3 Å². The van der Waals surface area contributed by atoms with Crippen LogP contribution in [0.15, 0.2) is 72.8 Å². The van der Waals surface area contributed by atoms with Gasteiger partial charge in [0.25, 0.3) is 0 Å². The normalized spacial score (nSPS) is 11.3. The first-order valence-electron chi connectivity index (χ1n) is 8.23. The lowest BCUT2D eigenvalue weighted by Crippen LogP contribution is -1.97. The number of nitrogens with zero attached hydrogens (tertiary/aromatic N) is 3. The molecule has 0 spiro atoms. The van der Waals surface area contributed by atoms with Gasteiger partial charge in [0, 0.05) is 0 Å². The number of carbonyl (C=O) groups is 1. The van der Waals surface area contributed by atoms with Crippen molar-refractivity contribution in [2.45, 2.75) is 0 Å². The molecule has 1 heterocycles. The number of phenols is 1. The molecule has 0 unspecified atom stereocenters. The van der Waals surface area contributed by atoms with Gasteiger partial charge >= 0.3 is 0 Å². The molecule has 6 heteroatoms. The predicted octanol–water partition coefficient (Wildman–Crippen LogP) is 4.16. The fourth-order valence-corrected chi connectivity index (χ4v) is 2.75. The van der Waals surface area contributed by atoms with Crippen molar-refractivity contribution in [1.29, 1.82) is 0 Å². The molecule has 0 aliphatic rings. The highest BCUT2D eigenvalue weighted by molar-refractivity contribution is 6.08. The summed E-state index contributed by atoms with van der Waals surface area (Å²) < 4.78 is 15.0. The van der Waals surface area contributed by atoms with Gasteiger partial charge in [-0.1, -0.05) is 35.6 Å². The molecular formula is C21H14FN3O2. The number of aromatic hydroxyl groups is 1. The fraction of sp³-hybridized carbons (Fsp3) is 0. The molecule has 3 aromatic carbocycles. The number of carbonyl (C=O) groups excluding carboxylic acids is 1. The molecule has 4 aromatic rings. The number of fused-ring (bicyclic) bond motifs is 1. The van der Waals surface area contributed by atoms with E-state index < -0.39 is 11.6 Å². The maximum absolute atomic E-state index is 13.3. The minimum Gasteiger partial charge on any atom is -0.507 e. The lowest BCUT2D eigenvalue weighted by atomic mass is 10.1. The first-order chi connectivity index (χ1) is 13.1. The Kier molecular flexibility index (Phi) is 4.22. The third-order valence-electron chi connectivity index (χ3n) is 4.14. The zero-order valence-electron chi connectivity index (χ0n) is 14.1. The van der Waals surface area contributed by atoms with E-state index in [0.717, 1.165) is 40.5 Å². The summed E-state index contributed by atoms with van der Waals surface area (Å²) in [5, 5.41) is 18.0. The summed E-state index contributed by atoms with van der Waals surface area (Å²) in [7, 11) is 0. The lowest BCUT2D eigenvalue weighted by molar-refractivity contribution is 0.104. The molecule has 1 aromatic heterocycles. The predicted molar refractivity (Wildman–Crippen MR) is 100 cm³/mol. The van der Waals surface area contributed by atoms with Crippen LogP contribution in [0.4, 0.5) is 4.39 Å². The van der Waals surface area contributed by atoms with Crippen LogP contribution in [0.1, 0.15) is 15.9 Å². The number of aromatic nitrogens is 3. The van der Waals surface area contributed by atoms with Gasteiger partial charge < -0.3 is 5.11 Å². The van der Waals surface area contributed by atoms with Gasteiger partial charge in [-0.15, -0.1) is 5.10 Å². The second kappa shape index (κ2) is 6.84.